The van der Waals surface area contributed by atoms with Gasteiger partial charge >= 0.3 is 0 Å². The van der Waals surface area contributed by atoms with Gasteiger partial charge < -0.3 is 4.57 Å². The fourth-order valence-corrected chi connectivity index (χ4v) is 6.96. The molecule has 7 aromatic carbocycles. The van der Waals surface area contributed by atoms with Crippen LogP contribution in [0.2, 0.25) is 0 Å². The molecule has 0 saturated carbocycles. The highest BCUT2D eigenvalue weighted by Gasteiger charge is 2.21. The summed E-state index contributed by atoms with van der Waals surface area (Å²) >= 11 is 0. The van der Waals surface area contributed by atoms with E-state index in [9.17, 15) is 5.26 Å². The molecule has 4 nitrogen and oxygen atoms in total. The van der Waals surface area contributed by atoms with Gasteiger partial charge in [0.1, 0.15) is 0 Å². The van der Waals surface area contributed by atoms with Crippen molar-refractivity contribution in [1.82, 2.24) is 14.5 Å². The normalized spacial score (nSPS) is 11.1. The Bertz CT molecular complexity index is 2710. The molecule has 0 aliphatic rings. The van der Waals surface area contributed by atoms with Gasteiger partial charge in [-0.05, 0) is 47.5 Å². The maximum absolute atomic E-state index is 9.28. The maximum atomic E-state index is 9.28. The van der Waals surface area contributed by atoms with Crippen molar-refractivity contribution in [2.45, 2.75) is 0 Å². The van der Waals surface area contributed by atoms with Crippen molar-refractivity contribution in [3.63, 3.8) is 0 Å². The monoisotopic (exact) mass is 650 g/mol. The highest BCUT2D eigenvalue weighted by atomic mass is 15.0. The van der Waals surface area contributed by atoms with Gasteiger partial charge in [-0.25, -0.2) is 9.97 Å². The molecule has 9 aromatic rings. The number of fused-ring (bicyclic) bond motifs is 3. The number of hydrogen-bond donors (Lipinski definition) is 0. The molecule has 0 fully saturated rings. The molecule has 0 unspecified atom stereocenters. The number of aromatic nitrogens is 3. The average molecular weight is 651 g/mol. The molecule has 0 atom stereocenters. The zero-order valence-corrected chi connectivity index (χ0v) is 27.6. The van der Waals surface area contributed by atoms with Crippen LogP contribution in [0.1, 0.15) is 5.56 Å². The summed E-state index contributed by atoms with van der Waals surface area (Å²) in [5, 5.41) is 11.7. The predicted molar refractivity (Wildman–Crippen MR) is 208 cm³/mol. The molecule has 0 spiro atoms. The lowest BCUT2D eigenvalue weighted by Gasteiger charge is -2.17. The first kappa shape index (κ1) is 30.0. The Hall–Kier alpha value is -7.09. The largest absolute Gasteiger partial charge is 0.309 e. The minimum absolute atomic E-state index is 0.644. The summed E-state index contributed by atoms with van der Waals surface area (Å²) in [4.78, 5) is 11.0. The molecule has 2 aromatic heterocycles. The van der Waals surface area contributed by atoms with E-state index < -0.39 is 0 Å². The van der Waals surface area contributed by atoms with Crippen LogP contribution in [0.5, 0.6) is 0 Å². The standard InChI is InChI=1S/C47H30N4/c48-31-32-20-22-33(23-21-32)34-24-26-37(27-25-34)46-47(50-45(36-14-6-2-7-15-36)44(49-46)35-12-4-1-5-13-35)38-28-29-41-40-18-10-11-19-42(40)51(43(41)30-38)39-16-8-3-9-17-39/h1-30H. The van der Waals surface area contributed by atoms with Crippen molar-refractivity contribution in [3.8, 4) is 67.9 Å². The Balaban J connectivity index is 1.30. The van der Waals surface area contributed by atoms with Crippen LogP contribution in [0.3, 0.4) is 0 Å². The van der Waals surface area contributed by atoms with Gasteiger partial charge in [0.15, 0.2) is 0 Å². The van der Waals surface area contributed by atoms with Crippen LogP contribution in [0.25, 0.3) is 83.6 Å². The number of nitriles is 1. The van der Waals surface area contributed by atoms with Crippen molar-refractivity contribution >= 4 is 21.8 Å². The number of para-hydroxylation sites is 2. The molecular formula is C47H30N4. The average Bonchev–Trinajstić information content (AvgIpc) is 3.55. The molecule has 0 aliphatic carbocycles. The number of hydrogen-bond acceptors (Lipinski definition) is 3. The molecule has 238 valence electrons. The molecule has 2 heterocycles. The van der Waals surface area contributed by atoms with Crippen LogP contribution in [-0.4, -0.2) is 14.5 Å². The fourth-order valence-electron chi connectivity index (χ4n) is 6.96. The minimum atomic E-state index is 0.644. The van der Waals surface area contributed by atoms with Crippen molar-refractivity contribution in [2.24, 2.45) is 0 Å². The van der Waals surface area contributed by atoms with Gasteiger partial charge in [0, 0.05) is 38.7 Å². The van der Waals surface area contributed by atoms with Crippen LogP contribution in [0.15, 0.2) is 182 Å². The molecule has 0 amide bonds. The van der Waals surface area contributed by atoms with E-state index in [1.54, 1.807) is 0 Å². The van der Waals surface area contributed by atoms with E-state index in [1.165, 1.54) is 10.8 Å². The van der Waals surface area contributed by atoms with Crippen LogP contribution >= 0.6 is 0 Å². The zero-order chi connectivity index (χ0) is 34.1. The summed E-state index contributed by atoms with van der Waals surface area (Å²) in [5.74, 6) is 0. The predicted octanol–water partition coefficient (Wildman–Crippen LogP) is 11.8. The lowest BCUT2D eigenvalue weighted by molar-refractivity contribution is 1.18. The van der Waals surface area contributed by atoms with E-state index in [4.69, 9.17) is 9.97 Å². The molecule has 51 heavy (non-hydrogen) atoms. The van der Waals surface area contributed by atoms with Crippen LogP contribution in [0.4, 0.5) is 0 Å². The molecule has 9 rings (SSSR count). The molecule has 0 N–H and O–H groups in total. The third-order valence-corrected chi connectivity index (χ3v) is 9.46. The molecule has 0 saturated heterocycles. The maximum Gasteiger partial charge on any atom is 0.0991 e. The highest BCUT2D eigenvalue weighted by molar-refractivity contribution is 6.10. The van der Waals surface area contributed by atoms with E-state index in [0.29, 0.717) is 5.56 Å². The van der Waals surface area contributed by atoms with E-state index in [2.05, 4.69) is 132 Å². The van der Waals surface area contributed by atoms with Gasteiger partial charge in [0.2, 0.25) is 0 Å². The lowest BCUT2D eigenvalue weighted by atomic mass is 9.97. The van der Waals surface area contributed by atoms with Crippen LogP contribution in [-0.2, 0) is 0 Å². The third-order valence-electron chi connectivity index (χ3n) is 9.46. The van der Waals surface area contributed by atoms with Gasteiger partial charge in [0.25, 0.3) is 0 Å². The molecule has 0 bridgehead atoms. The summed E-state index contributed by atoms with van der Waals surface area (Å²) in [7, 11) is 0. The molecular weight excluding hydrogens is 621 g/mol. The van der Waals surface area contributed by atoms with Gasteiger partial charge in [0.05, 0.1) is 45.4 Å². The summed E-state index contributed by atoms with van der Waals surface area (Å²) < 4.78 is 2.34. The van der Waals surface area contributed by atoms with Gasteiger partial charge in [-0.2, -0.15) is 5.26 Å². The molecule has 4 heteroatoms. The second kappa shape index (κ2) is 12.7. The highest BCUT2D eigenvalue weighted by Crippen LogP contribution is 2.40. The van der Waals surface area contributed by atoms with Crippen molar-refractivity contribution in [2.75, 3.05) is 0 Å². The van der Waals surface area contributed by atoms with Gasteiger partial charge in [-0.15, -0.1) is 0 Å². The van der Waals surface area contributed by atoms with E-state index >= 15 is 0 Å². The lowest BCUT2D eigenvalue weighted by Crippen LogP contribution is -2.01. The SMILES string of the molecule is N#Cc1ccc(-c2ccc(-c3nc(-c4ccccc4)c(-c4ccccc4)nc3-c3ccc4c5ccccc5n(-c5ccccc5)c4c3)cc2)cc1. The Labute approximate surface area is 296 Å². The van der Waals surface area contributed by atoms with E-state index in [0.717, 1.165) is 72.9 Å². The molecule has 0 aliphatic heterocycles. The first-order chi connectivity index (χ1) is 25.2. The molecule has 0 radical (unpaired) electrons. The number of benzene rings is 7. The Morgan fingerprint density at radius 1 is 0.373 bits per heavy atom. The first-order valence-corrected chi connectivity index (χ1v) is 17.0. The minimum Gasteiger partial charge on any atom is -0.309 e. The Morgan fingerprint density at radius 3 is 1.39 bits per heavy atom. The summed E-state index contributed by atoms with van der Waals surface area (Å²) in [5.41, 5.74) is 13.4. The van der Waals surface area contributed by atoms with Crippen molar-refractivity contribution in [3.05, 3.63) is 188 Å². The summed E-state index contributed by atoms with van der Waals surface area (Å²) in [6.45, 7) is 0. The second-order valence-electron chi connectivity index (χ2n) is 12.5. The topological polar surface area (TPSA) is 54.5 Å². The van der Waals surface area contributed by atoms with Gasteiger partial charge in [-0.1, -0.05) is 146 Å². The van der Waals surface area contributed by atoms with Crippen molar-refractivity contribution in [1.29, 1.82) is 5.26 Å². The summed E-state index contributed by atoms with van der Waals surface area (Å²) in [6.07, 6.45) is 0. The van der Waals surface area contributed by atoms with Crippen molar-refractivity contribution < 1.29 is 0 Å². The Morgan fingerprint density at radius 2 is 0.804 bits per heavy atom. The van der Waals surface area contributed by atoms with Crippen LogP contribution < -0.4 is 0 Å². The van der Waals surface area contributed by atoms with Crippen LogP contribution in [0, 0.1) is 11.3 Å². The smallest absolute Gasteiger partial charge is 0.0991 e. The number of nitrogens with zero attached hydrogens (tertiary/aromatic N) is 4. The number of rotatable bonds is 6. The zero-order valence-electron chi connectivity index (χ0n) is 27.6. The van der Waals surface area contributed by atoms with Gasteiger partial charge in [-0.3, -0.25) is 0 Å². The fraction of sp³-hybridized carbons (Fsp3) is 0. The summed E-state index contributed by atoms with van der Waals surface area (Å²) in [6, 6.07) is 64.8. The Kier molecular flexibility index (Phi) is 7.50. The quantitative estimate of drug-likeness (QED) is 0.180. The second-order valence-corrected chi connectivity index (χ2v) is 12.5. The third kappa shape index (κ3) is 5.44. The van der Waals surface area contributed by atoms with E-state index in [-0.39, 0.29) is 0 Å². The van der Waals surface area contributed by atoms with E-state index in [1.807, 2.05) is 60.7 Å². The first-order valence-electron chi connectivity index (χ1n) is 17.0.